The first-order valence-corrected chi connectivity index (χ1v) is 6.33. The van der Waals surface area contributed by atoms with Gasteiger partial charge in [0.2, 0.25) is 0 Å². The number of hydrogen-bond acceptors (Lipinski definition) is 3. The van der Waals surface area contributed by atoms with Crippen LogP contribution in [0.15, 0.2) is 12.4 Å². The molecule has 0 bridgehead atoms. The van der Waals surface area contributed by atoms with E-state index in [0.29, 0.717) is 6.04 Å². The topological polar surface area (TPSA) is 33.1 Å². The minimum atomic E-state index is 0.360. The second kappa shape index (κ2) is 5.46. The average Bonchev–Trinajstić information content (AvgIpc) is 2.79. The SMILES string of the molecule is CCn1cc(C(C)NN2CCCCC2)cn1. The third-order valence-electron chi connectivity index (χ3n) is 3.21. The summed E-state index contributed by atoms with van der Waals surface area (Å²) in [5.74, 6) is 0. The van der Waals surface area contributed by atoms with Crippen LogP contribution >= 0.6 is 0 Å². The summed E-state index contributed by atoms with van der Waals surface area (Å²) in [5.41, 5.74) is 4.82. The van der Waals surface area contributed by atoms with Crippen LogP contribution in [-0.2, 0) is 6.54 Å². The van der Waals surface area contributed by atoms with Crippen molar-refractivity contribution >= 4 is 0 Å². The predicted octanol–water partition coefficient (Wildman–Crippen LogP) is 1.95. The van der Waals surface area contributed by atoms with E-state index in [1.165, 1.54) is 37.9 Å². The summed E-state index contributed by atoms with van der Waals surface area (Å²) < 4.78 is 1.98. The molecule has 1 aromatic rings. The van der Waals surface area contributed by atoms with Gasteiger partial charge in [0.05, 0.1) is 6.20 Å². The molecule has 1 unspecified atom stereocenters. The normalized spacial score (nSPS) is 19.9. The smallest absolute Gasteiger partial charge is 0.0538 e. The molecule has 0 spiro atoms. The van der Waals surface area contributed by atoms with E-state index in [-0.39, 0.29) is 0 Å². The van der Waals surface area contributed by atoms with Crippen molar-refractivity contribution < 1.29 is 0 Å². The van der Waals surface area contributed by atoms with Gasteiger partial charge < -0.3 is 0 Å². The minimum absolute atomic E-state index is 0.360. The van der Waals surface area contributed by atoms with Crippen molar-refractivity contribution in [2.75, 3.05) is 13.1 Å². The Hall–Kier alpha value is -0.870. The van der Waals surface area contributed by atoms with Crippen LogP contribution in [0.3, 0.4) is 0 Å². The molecule has 1 aliphatic rings. The molecular formula is C12H22N4. The third-order valence-corrected chi connectivity index (χ3v) is 3.21. The number of aromatic nitrogens is 2. The molecule has 90 valence electrons. The van der Waals surface area contributed by atoms with Crippen molar-refractivity contribution in [3.63, 3.8) is 0 Å². The number of nitrogens with zero attached hydrogens (tertiary/aromatic N) is 3. The highest BCUT2D eigenvalue weighted by Crippen LogP contribution is 2.14. The lowest BCUT2D eigenvalue weighted by molar-refractivity contribution is 0.133. The lowest BCUT2D eigenvalue weighted by Gasteiger charge is -2.29. The summed E-state index contributed by atoms with van der Waals surface area (Å²) in [5, 5.41) is 6.65. The molecule has 1 aliphatic heterocycles. The van der Waals surface area contributed by atoms with Crippen LogP contribution in [0.4, 0.5) is 0 Å². The summed E-state index contributed by atoms with van der Waals surface area (Å²) in [6.45, 7) is 7.60. The first kappa shape index (κ1) is 11.6. The van der Waals surface area contributed by atoms with E-state index in [1.54, 1.807) is 0 Å². The van der Waals surface area contributed by atoms with Gasteiger partial charge in [-0.05, 0) is 26.7 Å². The first-order valence-electron chi connectivity index (χ1n) is 6.33. The summed E-state index contributed by atoms with van der Waals surface area (Å²) in [6, 6.07) is 0.360. The fourth-order valence-electron chi connectivity index (χ4n) is 2.15. The van der Waals surface area contributed by atoms with Gasteiger partial charge in [0, 0.05) is 37.4 Å². The van der Waals surface area contributed by atoms with Gasteiger partial charge in [0.25, 0.3) is 0 Å². The molecule has 2 heterocycles. The molecule has 2 rings (SSSR count). The Bertz CT molecular complexity index is 315. The van der Waals surface area contributed by atoms with Crippen molar-refractivity contribution in [3.05, 3.63) is 18.0 Å². The zero-order chi connectivity index (χ0) is 11.4. The van der Waals surface area contributed by atoms with E-state index in [9.17, 15) is 0 Å². The Morgan fingerprint density at radius 3 is 2.75 bits per heavy atom. The number of hydrazine groups is 1. The number of nitrogens with one attached hydrogen (secondary N) is 1. The molecule has 16 heavy (non-hydrogen) atoms. The van der Waals surface area contributed by atoms with Crippen LogP contribution < -0.4 is 5.43 Å². The van der Waals surface area contributed by atoms with Crippen LogP contribution in [0, 0.1) is 0 Å². The molecule has 1 aromatic heterocycles. The second-order valence-corrected chi connectivity index (χ2v) is 4.53. The second-order valence-electron chi connectivity index (χ2n) is 4.53. The number of rotatable bonds is 4. The number of aryl methyl sites for hydroxylation is 1. The molecule has 4 heteroatoms. The highest BCUT2D eigenvalue weighted by molar-refractivity contribution is 5.08. The zero-order valence-electron chi connectivity index (χ0n) is 10.3. The summed E-state index contributed by atoms with van der Waals surface area (Å²) in [6.07, 6.45) is 8.09. The highest BCUT2D eigenvalue weighted by atomic mass is 15.5. The molecule has 0 amide bonds. The first-order chi connectivity index (χ1) is 7.79. The van der Waals surface area contributed by atoms with E-state index in [1.807, 2.05) is 10.9 Å². The van der Waals surface area contributed by atoms with Gasteiger partial charge in [0.1, 0.15) is 0 Å². The largest absolute Gasteiger partial charge is 0.273 e. The van der Waals surface area contributed by atoms with Crippen LogP contribution in [-0.4, -0.2) is 27.9 Å². The maximum atomic E-state index is 4.31. The van der Waals surface area contributed by atoms with Crippen LogP contribution in [0.5, 0.6) is 0 Å². The average molecular weight is 222 g/mol. The molecule has 0 aliphatic carbocycles. The predicted molar refractivity (Wildman–Crippen MR) is 64.9 cm³/mol. The van der Waals surface area contributed by atoms with Crippen molar-refractivity contribution in [1.29, 1.82) is 0 Å². The Morgan fingerprint density at radius 1 is 1.38 bits per heavy atom. The van der Waals surface area contributed by atoms with Crippen molar-refractivity contribution in [2.24, 2.45) is 0 Å². The summed E-state index contributed by atoms with van der Waals surface area (Å²) >= 11 is 0. The minimum Gasteiger partial charge on any atom is -0.273 e. The van der Waals surface area contributed by atoms with Gasteiger partial charge >= 0.3 is 0 Å². The lowest BCUT2D eigenvalue weighted by atomic mass is 10.1. The van der Waals surface area contributed by atoms with Gasteiger partial charge in [-0.3, -0.25) is 4.68 Å². The van der Waals surface area contributed by atoms with Gasteiger partial charge in [0.15, 0.2) is 0 Å². The van der Waals surface area contributed by atoms with Crippen molar-refractivity contribution in [3.8, 4) is 0 Å². The Balaban J connectivity index is 1.88. The van der Waals surface area contributed by atoms with Gasteiger partial charge in [-0.25, -0.2) is 10.4 Å². The van der Waals surface area contributed by atoms with E-state index >= 15 is 0 Å². The molecule has 4 nitrogen and oxygen atoms in total. The Morgan fingerprint density at radius 2 is 2.12 bits per heavy atom. The standard InChI is InChI=1S/C12H22N4/c1-3-15-10-12(9-13-15)11(2)14-16-7-5-4-6-8-16/h9-11,14H,3-8H2,1-2H3. The number of hydrogen-bond donors (Lipinski definition) is 1. The van der Waals surface area contributed by atoms with E-state index in [4.69, 9.17) is 0 Å². The maximum absolute atomic E-state index is 4.31. The monoisotopic (exact) mass is 222 g/mol. The Labute approximate surface area is 97.6 Å². The number of piperidine rings is 1. The molecule has 1 N–H and O–H groups in total. The molecule has 0 aromatic carbocycles. The molecule has 1 atom stereocenters. The summed E-state index contributed by atoms with van der Waals surface area (Å²) in [4.78, 5) is 0. The molecule has 0 radical (unpaired) electrons. The highest BCUT2D eigenvalue weighted by Gasteiger charge is 2.14. The maximum Gasteiger partial charge on any atom is 0.0538 e. The van der Waals surface area contributed by atoms with Crippen LogP contribution in [0.25, 0.3) is 0 Å². The van der Waals surface area contributed by atoms with Gasteiger partial charge in [-0.15, -0.1) is 0 Å². The van der Waals surface area contributed by atoms with Gasteiger partial charge in [-0.1, -0.05) is 6.42 Å². The van der Waals surface area contributed by atoms with E-state index in [2.05, 4.69) is 35.6 Å². The van der Waals surface area contributed by atoms with E-state index < -0.39 is 0 Å². The van der Waals surface area contributed by atoms with Crippen LogP contribution in [0.2, 0.25) is 0 Å². The quantitative estimate of drug-likeness (QED) is 0.845. The Kier molecular flexibility index (Phi) is 3.96. The molecular weight excluding hydrogens is 200 g/mol. The zero-order valence-corrected chi connectivity index (χ0v) is 10.3. The molecule has 1 fully saturated rings. The fraction of sp³-hybridized carbons (Fsp3) is 0.750. The van der Waals surface area contributed by atoms with Gasteiger partial charge in [-0.2, -0.15) is 5.10 Å². The van der Waals surface area contributed by atoms with E-state index in [0.717, 1.165) is 6.54 Å². The van der Waals surface area contributed by atoms with Crippen molar-refractivity contribution in [1.82, 2.24) is 20.2 Å². The molecule has 1 saturated heterocycles. The fourth-order valence-corrected chi connectivity index (χ4v) is 2.15. The summed E-state index contributed by atoms with van der Waals surface area (Å²) in [7, 11) is 0. The third kappa shape index (κ3) is 2.83. The van der Waals surface area contributed by atoms with Crippen molar-refractivity contribution in [2.45, 2.75) is 45.7 Å². The lowest BCUT2D eigenvalue weighted by Crippen LogP contribution is -2.42. The molecule has 0 saturated carbocycles. The van der Waals surface area contributed by atoms with Crippen LogP contribution in [0.1, 0.15) is 44.7 Å².